The summed E-state index contributed by atoms with van der Waals surface area (Å²) in [5, 5.41) is 0.787. The van der Waals surface area contributed by atoms with Crippen LogP contribution in [0.25, 0.3) is 5.57 Å². The number of para-hydroxylation sites is 1. The fourth-order valence-corrected chi connectivity index (χ4v) is 4.72. The largest absolute Gasteiger partial charge is 0.467 e. The topological polar surface area (TPSA) is 53.8 Å². The highest BCUT2D eigenvalue weighted by molar-refractivity contribution is 6.41. The van der Waals surface area contributed by atoms with Crippen LogP contribution in [-0.2, 0) is 22.6 Å². The van der Waals surface area contributed by atoms with Gasteiger partial charge in [0, 0.05) is 22.8 Å². The lowest BCUT2D eigenvalue weighted by Crippen LogP contribution is -2.36. The molecule has 5 nitrogen and oxygen atoms in total. The Morgan fingerprint density at radius 1 is 0.968 bits per heavy atom. The first-order chi connectivity index (χ1) is 15.0. The number of carbonyl (C=O) groups excluding carboxylic acids is 2. The van der Waals surface area contributed by atoms with E-state index in [2.05, 4.69) is 6.07 Å². The van der Waals surface area contributed by atoms with Crippen LogP contribution in [0.5, 0.6) is 0 Å². The van der Waals surface area contributed by atoms with E-state index in [0.29, 0.717) is 33.6 Å². The van der Waals surface area contributed by atoms with Crippen LogP contribution in [0, 0.1) is 0 Å². The number of furan rings is 1. The molecule has 0 radical (unpaired) electrons. The van der Waals surface area contributed by atoms with Crippen LogP contribution in [0.15, 0.2) is 71.0 Å². The number of imide groups is 1. The molecule has 2 aliphatic rings. The summed E-state index contributed by atoms with van der Waals surface area (Å²) in [5.74, 6) is -0.230. The van der Waals surface area contributed by atoms with E-state index in [1.165, 1.54) is 11.2 Å². The summed E-state index contributed by atoms with van der Waals surface area (Å²) >= 11 is 12.6. The molecule has 2 aliphatic heterocycles. The number of anilines is 1. The molecule has 3 heterocycles. The lowest BCUT2D eigenvalue weighted by molar-refractivity contribution is -0.137. The van der Waals surface area contributed by atoms with E-state index in [-0.39, 0.29) is 18.0 Å². The number of amides is 2. The third-order valence-electron chi connectivity index (χ3n) is 5.62. The number of rotatable bonds is 4. The molecule has 2 amide bonds. The number of hydrogen-bond donors (Lipinski definition) is 0. The van der Waals surface area contributed by atoms with Crippen LogP contribution in [-0.4, -0.2) is 23.3 Å². The monoisotopic (exact) mass is 452 g/mol. The van der Waals surface area contributed by atoms with Gasteiger partial charge in [-0.15, -0.1) is 0 Å². The van der Waals surface area contributed by atoms with E-state index in [4.69, 9.17) is 27.6 Å². The van der Waals surface area contributed by atoms with E-state index >= 15 is 0 Å². The maximum Gasteiger partial charge on any atom is 0.278 e. The second-order valence-corrected chi connectivity index (χ2v) is 8.35. The predicted molar refractivity (Wildman–Crippen MR) is 120 cm³/mol. The minimum atomic E-state index is -0.399. The van der Waals surface area contributed by atoms with Crippen molar-refractivity contribution in [2.45, 2.75) is 19.4 Å². The first kappa shape index (κ1) is 19.9. The molecule has 156 valence electrons. The Morgan fingerprint density at radius 2 is 1.81 bits per heavy atom. The van der Waals surface area contributed by atoms with E-state index in [1.54, 1.807) is 30.3 Å². The van der Waals surface area contributed by atoms with Gasteiger partial charge in [0.05, 0.1) is 23.4 Å². The molecule has 2 aromatic carbocycles. The molecule has 0 unspecified atom stereocenters. The number of fused-ring (bicyclic) bond motifs is 1. The summed E-state index contributed by atoms with van der Waals surface area (Å²) in [6, 6.07) is 16.4. The lowest BCUT2D eigenvalue weighted by Gasteiger charge is -2.32. The van der Waals surface area contributed by atoms with Crippen molar-refractivity contribution in [1.29, 1.82) is 0 Å². The van der Waals surface area contributed by atoms with Gasteiger partial charge < -0.3 is 9.32 Å². The van der Waals surface area contributed by atoms with Crippen LogP contribution in [0.1, 0.15) is 23.3 Å². The van der Waals surface area contributed by atoms with E-state index in [1.807, 2.05) is 23.1 Å². The minimum Gasteiger partial charge on any atom is -0.467 e. The van der Waals surface area contributed by atoms with Crippen LogP contribution in [0.3, 0.4) is 0 Å². The Kier molecular flexibility index (Phi) is 5.08. The van der Waals surface area contributed by atoms with Gasteiger partial charge in [0.2, 0.25) is 0 Å². The molecule has 0 saturated carbocycles. The molecule has 1 aromatic heterocycles. The average molecular weight is 453 g/mol. The molecule has 0 atom stereocenters. The maximum absolute atomic E-state index is 13.6. The number of carbonyl (C=O) groups is 2. The molecule has 0 aliphatic carbocycles. The number of nitrogens with zero attached hydrogens (tertiary/aromatic N) is 2. The normalized spacial score (nSPS) is 16.3. The van der Waals surface area contributed by atoms with Gasteiger partial charge in [-0.25, -0.2) is 0 Å². The quantitative estimate of drug-likeness (QED) is 0.502. The number of hydrogen-bond acceptors (Lipinski definition) is 4. The first-order valence-corrected chi connectivity index (χ1v) is 10.7. The molecule has 7 heteroatoms. The third kappa shape index (κ3) is 3.44. The summed E-state index contributed by atoms with van der Waals surface area (Å²) in [7, 11) is 0. The Morgan fingerprint density at radius 3 is 2.58 bits per heavy atom. The van der Waals surface area contributed by atoms with Crippen molar-refractivity contribution in [3.8, 4) is 0 Å². The van der Waals surface area contributed by atoms with Gasteiger partial charge in [-0.05, 0) is 48.7 Å². The van der Waals surface area contributed by atoms with E-state index in [9.17, 15) is 9.59 Å². The van der Waals surface area contributed by atoms with Gasteiger partial charge in [0.1, 0.15) is 11.5 Å². The second kappa shape index (κ2) is 7.91. The Balaban J connectivity index is 1.67. The highest BCUT2D eigenvalue weighted by atomic mass is 35.5. The van der Waals surface area contributed by atoms with Gasteiger partial charge in [-0.3, -0.25) is 14.5 Å². The van der Waals surface area contributed by atoms with Crippen LogP contribution in [0.2, 0.25) is 10.0 Å². The summed E-state index contributed by atoms with van der Waals surface area (Å²) < 4.78 is 5.39. The molecule has 0 fully saturated rings. The zero-order chi connectivity index (χ0) is 21.5. The smallest absolute Gasteiger partial charge is 0.278 e. The van der Waals surface area contributed by atoms with Gasteiger partial charge in [-0.1, -0.05) is 47.5 Å². The zero-order valence-corrected chi connectivity index (χ0v) is 18.0. The Bertz CT molecular complexity index is 1220. The molecule has 0 bridgehead atoms. The van der Waals surface area contributed by atoms with Gasteiger partial charge in [0.25, 0.3) is 11.8 Å². The van der Waals surface area contributed by atoms with Gasteiger partial charge in [-0.2, -0.15) is 0 Å². The predicted octanol–water partition coefficient (Wildman–Crippen LogP) is 5.32. The van der Waals surface area contributed by atoms with Crippen molar-refractivity contribution >= 4 is 46.3 Å². The summed E-state index contributed by atoms with van der Waals surface area (Å²) in [6.45, 7) is 0.688. The zero-order valence-electron chi connectivity index (χ0n) is 16.5. The number of aryl methyl sites for hydroxylation is 1. The molecule has 0 spiro atoms. The van der Waals surface area contributed by atoms with Gasteiger partial charge >= 0.3 is 0 Å². The SMILES string of the molecule is O=C1C(c2ccc(Cl)cc2Cl)=C(N2CCCc3ccccc32)C(=O)N1Cc1ccco1. The molecule has 31 heavy (non-hydrogen) atoms. The fourth-order valence-electron chi connectivity index (χ4n) is 4.22. The average Bonchev–Trinajstić information content (AvgIpc) is 3.36. The van der Waals surface area contributed by atoms with Crippen molar-refractivity contribution in [1.82, 2.24) is 4.90 Å². The molecule has 0 N–H and O–H groups in total. The van der Waals surface area contributed by atoms with Crippen LogP contribution < -0.4 is 4.90 Å². The standard InChI is InChI=1S/C24H18Cl2N2O3/c25-16-9-10-18(19(26)13-16)21-22(27-11-3-6-15-5-1-2-8-20(15)27)24(30)28(23(21)29)14-17-7-4-12-31-17/h1-2,4-5,7-10,12-13H,3,6,11,14H2. The van der Waals surface area contributed by atoms with E-state index in [0.717, 1.165) is 24.1 Å². The second-order valence-electron chi connectivity index (χ2n) is 7.51. The summed E-state index contributed by atoms with van der Waals surface area (Å²) in [6.07, 6.45) is 3.32. The fraction of sp³-hybridized carbons (Fsp3) is 0.167. The summed E-state index contributed by atoms with van der Waals surface area (Å²) in [4.78, 5) is 30.3. The maximum atomic E-state index is 13.6. The Hall–Kier alpha value is -3.02. The molecular formula is C24H18Cl2N2O3. The van der Waals surface area contributed by atoms with Crippen molar-refractivity contribution in [3.05, 3.63) is 93.5 Å². The molecule has 3 aromatic rings. The summed E-state index contributed by atoms with van der Waals surface area (Å²) in [5.41, 5.74) is 3.20. The third-order valence-corrected chi connectivity index (χ3v) is 6.17. The molecular weight excluding hydrogens is 435 g/mol. The minimum absolute atomic E-state index is 0.0539. The number of halogens is 2. The lowest BCUT2D eigenvalue weighted by atomic mass is 9.98. The van der Waals surface area contributed by atoms with Crippen molar-refractivity contribution < 1.29 is 14.0 Å². The van der Waals surface area contributed by atoms with Crippen LogP contribution in [0.4, 0.5) is 5.69 Å². The highest BCUT2D eigenvalue weighted by Gasteiger charge is 2.43. The molecule has 5 rings (SSSR count). The highest BCUT2D eigenvalue weighted by Crippen LogP contribution is 2.40. The van der Waals surface area contributed by atoms with Crippen molar-refractivity contribution in [2.24, 2.45) is 0 Å². The number of benzene rings is 2. The Labute approximate surface area is 189 Å². The van der Waals surface area contributed by atoms with Crippen molar-refractivity contribution in [3.63, 3.8) is 0 Å². The molecule has 0 saturated heterocycles. The van der Waals surface area contributed by atoms with Gasteiger partial charge in [0.15, 0.2) is 0 Å². The first-order valence-electron chi connectivity index (χ1n) is 9.98. The van der Waals surface area contributed by atoms with E-state index < -0.39 is 5.91 Å². The van der Waals surface area contributed by atoms with Crippen molar-refractivity contribution in [2.75, 3.05) is 11.4 Å². The van der Waals surface area contributed by atoms with Crippen LogP contribution >= 0.6 is 23.2 Å².